The topological polar surface area (TPSA) is 91.7 Å². The molecule has 0 amide bonds. The third-order valence-corrected chi connectivity index (χ3v) is 2.63. The molecule has 0 spiro atoms. The molecule has 0 heterocycles. The number of carboxylic acid groups (broad SMARTS) is 2. The van der Waals surface area contributed by atoms with Crippen LogP contribution in [0, 0.1) is 11.8 Å². The molecule has 0 fully saturated rings. The van der Waals surface area contributed by atoms with Gasteiger partial charge in [0, 0.05) is 11.8 Å². The number of Topliss-reactive ketones (excluding diaryl/α,β-unsaturated/α-hetero) is 1. The Morgan fingerprint density at radius 2 is 1.19 bits per heavy atom. The first-order valence-corrected chi connectivity index (χ1v) is 5.39. The molecular weight excluding hydrogens is 212 g/mol. The first-order chi connectivity index (χ1) is 7.42. The van der Waals surface area contributed by atoms with Crippen LogP contribution in [0.1, 0.15) is 39.5 Å². The summed E-state index contributed by atoms with van der Waals surface area (Å²) in [6.45, 7) is 3.47. The number of carbonyl (C=O) groups excluding carboxylic acids is 1. The molecule has 0 aromatic carbocycles. The third-order valence-electron chi connectivity index (χ3n) is 2.63. The van der Waals surface area contributed by atoms with Crippen LogP contribution in [0.25, 0.3) is 0 Å². The van der Waals surface area contributed by atoms with Crippen LogP contribution in [-0.2, 0) is 14.4 Å². The smallest absolute Gasteiger partial charge is 0.304 e. The average Bonchev–Trinajstić information content (AvgIpc) is 2.20. The van der Waals surface area contributed by atoms with E-state index in [0.29, 0.717) is 12.8 Å². The van der Waals surface area contributed by atoms with Crippen molar-refractivity contribution in [3.63, 3.8) is 0 Å². The fourth-order valence-corrected chi connectivity index (χ4v) is 1.65. The van der Waals surface area contributed by atoms with E-state index < -0.39 is 23.8 Å². The second-order valence-corrected chi connectivity index (χ2v) is 3.81. The number of ketones is 1. The van der Waals surface area contributed by atoms with Crippen LogP contribution in [-0.4, -0.2) is 27.9 Å². The molecule has 0 aromatic heterocycles. The van der Waals surface area contributed by atoms with E-state index in [2.05, 4.69) is 0 Å². The zero-order valence-corrected chi connectivity index (χ0v) is 9.60. The van der Waals surface area contributed by atoms with Crippen LogP contribution in [0.3, 0.4) is 0 Å². The Bertz CT molecular complexity index is 246. The lowest BCUT2D eigenvalue weighted by Gasteiger charge is -2.17. The highest BCUT2D eigenvalue weighted by Crippen LogP contribution is 2.20. The van der Waals surface area contributed by atoms with Gasteiger partial charge in [-0.05, 0) is 12.8 Å². The van der Waals surface area contributed by atoms with Crippen molar-refractivity contribution in [2.24, 2.45) is 11.8 Å². The summed E-state index contributed by atoms with van der Waals surface area (Å²) in [7, 11) is 0. The van der Waals surface area contributed by atoms with Crippen LogP contribution in [0.2, 0.25) is 0 Å². The van der Waals surface area contributed by atoms with Crippen LogP contribution in [0.5, 0.6) is 0 Å². The number of rotatable bonds is 8. The van der Waals surface area contributed by atoms with Gasteiger partial charge >= 0.3 is 11.9 Å². The minimum absolute atomic E-state index is 0.217. The molecule has 0 saturated carbocycles. The minimum atomic E-state index is -1.02. The highest BCUT2D eigenvalue weighted by molar-refractivity contribution is 5.89. The SMILES string of the molecule is CCC(CC(=O)O)C(=O)C(CC)CC(=O)O. The molecule has 0 rings (SSSR count). The molecule has 0 radical (unpaired) electrons. The van der Waals surface area contributed by atoms with E-state index in [1.165, 1.54) is 0 Å². The van der Waals surface area contributed by atoms with Crippen molar-refractivity contribution in [3.05, 3.63) is 0 Å². The molecule has 0 bridgehead atoms. The highest BCUT2D eigenvalue weighted by atomic mass is 16.4. The van der Waals surface area contributed by atoms with E-state index in [0.717, 1.165) is 0 Å². The molecule has 2 N–H and O–H groups in total. The Morgan fingerprint density at radius 3 is 1.38 bits per heavy atom. The van der Waals surface area contributed by atoms with Crippen LogP contribution < -0.4 is 0 Å². The molecule has 0 aliphatic heterocycles. The zero-order valence-electron chi connectivity index (χ0n) is 9.60. The standard InChI is InChI=1S/C11H18O5/c1-3-7(5-9(12)13)11(16)8(4-2)6-10(14)15/h7-8H,3-6H2,1-2H3,(H,12,13)(H,14,15). The van der Waals surface area contributed by atoms with E-state index in [-0.39, 0.29) is 18.6 Å². The minimum Gasteiger partial charge on any atom is -0.481 e. The van der Waals surface area contributed by atoms with Crippen molar-refractivity contribution in [3.8, 4) is 0 Å². The lowest BCUT2D eigenvalue weighted by Crippen LogP contribution is -2.26. The molecule has 16 heavy (non-hydrogen) atoms. The predicted molar refractivity (Wildman–Crippen MR) is 57.1 cm³/mol. The fraction of sp³-hybridized carbons (Fsp3) is 0.727. The Balaban J connectivity index is 4.56. The molecule has 0 aromatic rings. The van der Waals surface area contributed by atoms with Gasteiger partial charge in [0.15, 0.2) is 0 Å². The number of hydrogen-bond donors (Lipinski definition) is 2. The zero-order chi connectivity index (χ0) is 12.7. The number of hydrogen-bond acceptors (Lipinski definition) is 3. The van der Waals surface area contributed by atoms with Gasteiger partial charge in [-0.15, -0.1) is 0 Å². The Morgan fingerprint density at radius 1 is 0.875 bits per heavy atom. The highest BCUT2D eigenvalue weighted by Gasteiger charge is 2.27. The maximum atomic E-state index is 11.8. The van der Waals surface area contributed by atoms with Crippen LogP contribution >= 0.6 is 0 Å². The van der Waals surface area contributed by atoms with E-state index in [1.807, 2.05) is 0 Å². The van der Waals surface area contributed by atoms with Crippen LogP contribution in [0.4, 0.5) is 0 Å². The van der Waals surface area contributed by atoms with Crippen molar-refractivity contribution in [2.45, 2.75) is 39.5 Å². The lowest BCUT2D eigenvalue weighted by atomic mass is 9.85. The summed E-state index contributed by atoms with van der Waals surface area (Å²) in [5, 5.41) is 17.3. The van der Waals surface area contributed by atoms with Gasteiger partial charge in [-0.1, -0.05) is 13.8 Å². The normalized spacial score (nSPS) is 14.1. The summed E-state index contributed by atoms with van der Waals surface area (Å²) in [5.74, 6) is -3.42. The number of carboxylic acids is 2. The van der Waals surface area contributed by atoms with Gasteiger partial charge in [0.2, 0.25) is 0 Å². The van der Waals surface area contributed by atoms with Crippen LogP contribution in [0.15, 0.2) is 0 Å². The molecule has 0 aliphatic rings. The van der Waals surface area contributed by atoms with Gasteiger partial charge in [0.05, 0.1) is 12.8 Å². The fourth-order valence-electron chi connectivity index (χ4n) is 1.65. The Hall–Kier alpha value is -1.39. The second kappa shape index (κ2) is 6.98. The molecule has 0 aliphatic carbocycles. The number of carbonyl (C=O) groups is 3. The van der Waals surface area contributed by atoms with Gasteiger partial charge in [0.1, 0.15) is 5.78 Å². The van der Waals surface area contributed by atoms with Gasteiger partial charge < -0.3 is 10.2 Å². The molecular formula is C11H18O5. The molecule has 5 nitrogen and oxygen atoms in total. The largest absolute Gasteiger partial charge is 0.481 e. The lowest BCUT2D eigenvalue weighted by molar-refractivity contribution is -0.143. The molecule has 2 atom stereocenters. The van der Waals surface area contributed by atoms with Gasteiger partial charge in [0.25, 0.3) is 0 Å². The summed E-state index contributed by atoms with van der Waals surface area (Å²) < 4.78 is 0. The monoisotopic (exact) mass is 230 g/mol. The van der Waals surface area contributed by atoms with Crippen molar-refractivity contribution >= 4 is 17.7 Å². The summed E-state index contributed by atoms with van der Waals surface area (Å²) in [6.07, 6.45) is 0.430. The van der Waals surface area contributed by atoms with Crippen molar-refractivity contribution in [1.82, 2.24) is 0 Å². The molecule has 92 valence electrons. The van der Waals surface area contributed by atoms with E-state index >= 15 is 0 Å². The van der Waals surface area contributed by atoms with Crippen molar-refractivity contribution in [2.75, 3.05) is 0 Å². The third kappa shape index (κ3) is 4.91. The van der Waals surface area contributed by atoms with E-state index in [9.17, 15) is 14.4 Å². The van der Waals surface area contributed by atoms with E-state index in [1.54, 1.807) is 13.8 Å². The van der Waals surface area contributed by atoms with Gasteiger partial charge in [-0.3, -0.25) is 14.4 Å². The van der Waals surface area contributed by atoms with Gasteiger partial charge in [-0.25, -0.2) is 0 Å². The van der Waals surface area contributed by atoms with Crippen molar-refractivity contribution < 1.29 is 24.6 Å². The summed E-state index contributed by atoms with van der Waals surface area (Å²) >= 11 is 0. The van der Waals surface area contributed by atoms with Gasteiger partial charge in [-0.2, -0.15) is 0 Å². The predicted octanol–water partition coefficient (Wildman–Crippen LogP) is 1.56. The first kappa shape index (κ1) is 14.6. The summed E-state index contributed by atoms with van der Waals surface area (Å²) in [6, 6.07) is 0. The van der Waals surface area contributed by atoms with Crippen molar-refractivity contribution in [1.29, 1.82) is 0 Å². The Labute approximate surface area is 94.5 Å². The summed E-state index contributed by atoms with van der Waals surface area (Å²) in [4.78, 5) is 32.9. The maximum Gasteiger partial charge on any atom is 0.304 e. The average molecular weight is 230 g/mol. The maximum absolute atomic E-state index is 11.8. The first-order valence-electron chi connectivity index (χ1n) is 5.39. The summed E-state index contributed by atoms with van der Waals surface area (Å²) in [5.41, 5.74) is 0. The quantitative estimate of drug-likeness (QED) is 0.660. The molecule has 0 saturated heterocycles. The van der Waals surface area contributed by atoms with E-state index in [4.69, 9.17) is 10.2 Å². The molecule has 5 heteroatoms. The molecule has 2 unspecified atom stereocenters. The second-order valence-electron chi connectivity index (χ2n) is 3.81. The number of aliphatic carboxylic acids is 2. The Kier molecular flexibility index (Phi) is 6.37.